The van der Waals surface area contributed by atoms with Crippen molar-refractivity contribution in [3.8, 4) is 11.1 Å². The summed E-state index contributed by atoms with van der Waals surface area (Å²) in [6, 6.07) is 13.0. The quantitative estimate of drug-likeness (QED) is 0.569. The molecule has 0 aliphatic carbocycles. The van der Waals surface area contributed by atoms with Crippen LogP contribution in [-0.4, -0.2) is 19.1 Å². The van der Waals surface area contributed by atoms with Crippen molar-refractivity contribution in [3.63, 3.8) is 0 Å². The molecule has 0 aliphatic heterocycles. The fourth-order valence-corrected chi connectivity index (χ4v) is 3.78. The molecular weight excluding hydrogens is 314 g/mol. The fourth-order valence-electron chi connectivity index (χ4n) is 3.16. The molecule has 128 valence electrons. The average Bonchev–Trinajstić information content (AvgIpc) is 2.61. The molecule has 0 saturated carbocycles. The van der Waals surface area contributed by atoms with E-state index >= 15 is 0 Å². The lowest BCUT2D eigenvalue weighted by atomic mass is 9.83. The molecule has 2 aromatic carbocycles. The minimum Gasteiger partial charge on any atom is -0.330 e. The van der Waals surface area contributed by atoms with Crippen molar-refractivity contribution in [1.29, 1.82) is 0 Å². The van der Waals surface area contributed by atoms with Crippen LogP contribution in [0.4, 0.5) is 0 Å². The lowest BCUT2D eigenvalue weighted by Crippen LogP contribution is -2.13. The normalized spacial score (nSPS) is 12.4. The number of rotatable bonds is 7. The summed E-state index contributed by atoms with van der Waals surface area (Å²) < 4.78 is 0. The van der Waals surface area contributed by atoms with E-state index in [1.807, 2.05) is 0 Å². The first-order valence-corrected chi connectivity index (χ1v) is 9.69. The van der Waals surface area contributed by atoms with E-state index in [4.69, 9.17) is 5.73 Å². The van der Waals surface area contributed by atoms with Crippen molar-refractivity contribution in [2.24, 2.45) is 5.73 Å². The van der Waals surface area contributed by atoms with Crippen molar-refractivity contribution in [2.45, 2.75) is 43.9 Å². The van der Waals surface area contributed by atoms with E-state index in [2.05, 4.69) is 63.4 Å². The molecule has 2 N–H and O–H groups in total. The van der Waals surface area contributed by atoms with Gasteiger partial charge in [0, 0.05) is 11.3 Å². The van der Waals surface area contributed by atoms with E-state index in [-0.39, 0.29) is 5.92 Å². The van der Waals surface area contributed by atoms with Crippen molar-refractivity contribution < 1.29 is 4.79 Å². The molecular formula is C21H27NOS. The zero-order valence-electron chi connectivity index (χ0n) is 15.0. The molecule has 0 amide bonds. The average molecular weight is 342 g/mol. The van der Waals surface area contributed by atoms with Crippen LogP contribution in [0, 0.1) is 0 Å². The summed E-state index contributed by atoms with van der Waals surface area (Å²) in [5, 5.41) is 0. The summed E-state index contributed by atoms with van der Waals surface area (Å²) >= 11 is 1.76. The zero-order valence-corrected chi connectivity index (χ0v) is 15.8. The van der Waals surface area contributed by atoms with Gasteiger partial charge < -0.3 is 10.5 Å². The van der Waals surface area contributed by atoms with Gasteiger partial charge in [-0.1, -0.05) is 51.1 Å². The molecule has 0 saturated heterocycles. The van der Waals surface area contributed by atoms with Crippen LogP contribution in [-0.2, 0) is 11.2 Å². The largest absolute Gasteiger partial charge is 0.330 e. The Morgan fingerprint density at radius 2 is 1.79 bits per heavy atom. The number of benzene rings is 2. The van der Waals surface area contributed by atoms with Crippen molar-refractivity contribution in [2.75, 3.05) is 12.8 Å². The Kier molecular flexibility index (Phi) is 6.64. The standard InChI is InChI=1S/C21H27NOS/c1-14(2)19-11-16(17-7-5-6-8-21(17)24-4)12-20(15(3)13-22)18(19)9-10-23/h5-8,10-12,14-15H,9,13,22H2,1-4H3. The Labute approximate surface area is 149 Å². The maximum Gasteiger partial charge on any atom is 0.124 e. The first kappa shape index (κ1) is 18.8. The van der Waals surface area contributed by atoms with Crippen LogP contribution in [0.5, 0.6) is 0 Å². The van der Waals surface area contributed by atoms with Gasteiger partial charge in [-0.15, -0.1) is 11.8 Å². The lowest BCUT2D eigenvalue weighted by molar-refractivity contribution is -0.107. The third-order valence-electron chi connectivity index (χ3n) is 4.53. The van der Waals surface area contributed by atoms with Gasteiger partial charge in [-0.2, -0.15) is 0 Å². The number of hydrogen-bond donors (Lipinski definition) is 1. The van der Waals surface area contributed by atoms with E-state index < -0.39 is 0 Å². The molecule has 0 spiro atoms. The van der Waals surface area contributed by atoms with Crippen molar-refractivity contribution in [3.05, 3.63) is 53.1 Å². The van der Waals surface area contributed by atoms with Gasteiger partial charge in [0.05, 0.1) is 0 Å². The Balaban J connectivity index is 2.74. The number of hydrogen-bond acceptors (Lipinski definition) is 3. The van der Waals surface area contributed by atoms with Gasteiger partial charge in [0.1, 0.15) is 6.29 Å². The van der Waals surface area contributed by atoms with Gasteiger partial charge in [0.15, 0.2) is 0 Å². The van der Waals surface area contributed by atoms with Crippen LogP contribution in [0.2, 0.25) is 0 Å². The van der Waals surface area contributed by atoms with E-state index in [9.17, 15) is 4.79 Å². The van der Waals surface area contributed by atoms with Crippen molar-refractivity contribution in [1.82, 2.24) is 0 Å². The molecule has 0 radical (unpaired) electrons. The summed E-state index contributed by atoms with van der Waals surface area (Å²) in [5.74, 6) is 0.601. The maximum atomic E-state index is 11.2. The molecule has 2 nitrogen and oxygen atoms in total. The Hall–Kier alpha value is -1.58. The Morgan fingerprint density at radius 1 is 1.12 bits per heavy atom. The van der Waals surface area contributed by atoms with E-state index in [1.54, 1.807) is 11.8 Å². The molecule has 0 bridgehead atoms. The first-order chi connectivity index (χ1) is 11.5. The number of nitrogens with two attached hydrogens (primary N) is 1. The highest BCUT2D eigenvalue weighted by Gasteiger charge is 2.18. The van der Waals surface area contributed by atoms with Gasteiger partial charge in [0.2, 0.25) is 0 Å². The topological polar surface area (TPSA) is 43.1 Å². The Morgan fingerprint density at radius 3 is 2.38 bits per heavy atom. The van der Waals surface area contributed by atoms with Gasteiger partial charge in [-0.3, -0.25) is 0 Å². The predicted octanol–water partition coefficient (Wildman–Crippen LogP) is 5.00. The number of aldehydes is 1. The minimum atomic E-state index is 0.235. The van der Waals surface area contributed by atoms with Gasteiger partial charge in [-0.05, 0) is 58.5 Å². The molecule has 0 fully saturated rings. The van der Waals surface area contributed by atoms with Crippen LogP contribution in [0.25, 0.3) is 11.1 Å². The number of carbonyl (C=O) groups excluding carboxylic acids is 1. The third kappa shape index (κ3) is 3.90. The van der Waals surface area contributed by atoms with Gasteiger partial charge >= 0.3 is 0 Å². The van der Waals surface area contributed by atoms with Gasteiger partial charge in [-0.25, -0.2) is 0 Å². The molecule has 1 unspecified atom stereocenters. The Bertz CT molecular complexity index is 709. The lowest BCUT2D eigenvalue weighted by Gasteiger charge is -2.22. The predicted molar refractivity (Wildman–Crippen MR) is 105 cm³/mol. The minimum absolute atomic E-state index is 0.235. The summed E-state index contributed by atoms with van der Waals surface area (Å²) in [7, 11) is 0. The van der Waals surface area contributed by atoms with Crippen LogP contribution < -0.4 is 5.73 Å². The molecule has 0 aromatic heterocycles. The second-order valence-corrected chi connectivity index (χ2v) is 7.34. The molecule has 24 heavy (non-hydrogen) atoms. The monoisotopic (exact) mass is 341 g/mol. The highest BCUT2D eigenvalue weighted by molar-refractivity contribution is 7.98. The highest BCUT2D eigenvalue weighted by atomic mass is 32.2. The second-order valence-electron chi connectivity index (χ2n) is 6.50. The van der Waals surface area contributed by atoms with Crippen LogP contribution in [0.3, 0.4) is 0 Å². The van der Waals surface area contributed by atoms with Crippen LogP contribution >= 0.6 is 11.8 Å². The first-order valence-electron chi connectivity index (χ1n) is 8.47. The summed E-state index contributed by atoms with van der Waals surface area (Å²) in [4.78, 5) is 12.5. The summed E-state index contributed by atoms with van der Waals surface area (Å²) in [6.45, 7) is 7.09. The molecule has 3 heteroatoms. The zero-order chi connectivity index (χ0) is 17.7. The van der Waals surface area contributed by atoms with E-state index in [1.165, 1.54) is 27.1 Å². The summed E-state index contributed by atoms with van der Waals surface area (Å²) in [5.41, 5.74) is 12.0. The van der Waals surface area contributed by atoms with E-state index in [0.717, 1.165) is 11.8 Å². The summed E-state index contributed by atoms with van der Waals surface area (Å²) in [6.07, 6.45) is 3.56. The number of thioether (sulfide) groups is 1. The number of carbonyl (C=O) groups is 1. The molecule has 1 atom stereocenters. The second kappa shape index (κ2) is 8.50. The highest BCUT2D eigenvalue weighted by Crippen LogP contribution is 2.36. The van der Waals surface area contributed by atoms with Crippen molar-refractivity contribution >= 4 is 18.0 Å². The molecule has 2 rings (SSSR count). The molecule has 0 aliphatic rings. The fraction of sp³-hybridized carbons (Fsp3) is 0.381. The SMILES string of the molecule is CSc1ccccc1-c1cc(C(C)C)c(CC=O)c(C(C)CN)c1. The maximum absolute atomic E-state index is 11.2. The smallest absolute Gasteiger partial charge is 0.124 e. The third-order valence-corrected chi connectivity index (χ3v) is 5.33. The van der Waals surface area contributed by atoms with Gasteiger partial charge in [0.25, 0.3) is 0 Å². The molecule has 0 heterocycles. The van der Waals surface area contributed by atoms with Crippen LogP contribution in [0.15, 0.2) is 41.3 Å². The molecule has 2 aromatic rings. The van der Waals surface area contributed by atoms with E-state index in [0.29, 0.717) is 18.9 Å². The van der Waals surface area contributed by atoms with Crippen LogP contribution in [0.1, 0.15) is 49.3 Å².